The lowest BCUT2D eigenvalue weighted by Crippen LogP contribution is -2.42. The first kappa shape index (κ1) is 16.4. The Morgan fingerprint density at radius 3 is 2.87 bits per heavy atom. The second-order valence-corrected chi connectivity index (χ2v) is 8.41. The van der Waals surface area contributed by atoms with Crippen LogP contribution in [0.5, 0.6) is 0 Å². The highest BCUT2D eigenvalue weighted by Crippen LogP contribution is 2.38. The van der Waals surface area contributed by atoms with Gasteiger partial charge in [0.2, 0.25) is 10.0 Å². The summed E-state index contributed by atoms with van der Waals surface area (Å²) in [7, 11) is -2.02. The van der Waals surface area contributed by atoms with E-state index in [4.69, 9.17) is 0 Å². The number of carbonyl (C=O) groups excluding carboxylic acids is 1. The molecule has 2 saturated heterocycles. The number of amides is 1. The van der Waals surface area contributed by atoms with Gasteiger partial charge in [-0.2, -0.15) is 4.31 Å². The minimum atomic E-state index is -3.55. The molecule has 1 amide bonds. The van der Waals surface area contributed by atoms with Gasteiger partial charge in [-0.1, -0.05) is 6.07 Å². The summed E-state index contributed by atoms with van der Waals surface area (Å²) in [6, 6.07) is 6.25. The number of piperidine rings is 1. The largest absolute Gasteiger partial charge is 0.355 e. The lowest BCUT2D eigenvalue weighted by molar-refractivity contribution is 0.0963. The summed E-state index contributed by atoms with van der Waals surface area (Å²) in [5.41, 5.74) is 0.436. The van der Waals surface area contributed by atoms with E-state index in [0.29, 0.717) is 18.7 Å². The van der Waals surface area contributed by atoms with Crippen molar-refractivity contribution in [2.45, 2.75) is 24.2 Å². The Hall–Kier alpha value is -1.44. The van der Waals surface area contributed by atoms with Gasteiger partial charge in [0.05, 0.1) is 4.90 Å². The monoisotopic (exact) mass is 337 g/mol. The number of nitrogens with zero attached hydrogens (tertiary/aromatic N) is 1. The SMILES string of the molecule is CNC(=O)c1cccc(S(=O)(=O)N2CC[C@]3(CCCNC3)C2)c1. The molecule has 6 nitrogen and oxygen atoms in total. The Morgan fingerprint density at radius 2 is 2.17 bits per heavy atom. The summed E-state index contributed by atoms with van der Waals surface area (Å²) in [6.07, 6.45) is 3.07. The number of rotatable bonds is 3. The molecule has 1 aromatic carbocycles. The van der Waals surface area contributed by atoms with Gasteiger partial charge in [-0.05, 0) is 49.4 Å². The third kappa shape index (κ3) is 3.13. The van der Waals surface area contributed by atoms with E-state index >= 15 is 0 Å². The number of sulfonamides is 1. The van der Waals surface area contributed by atoms with Crippen LogP contribution >= 0.6 is 0 Å². The van der Waals surface area contributed by atoms with Crippen LogP contribution in [0.1, 0.15) is 29.6 Å². The predicted molar refractivity (Wildman–Crippen MR) is 87.7 cm³/mol. The van der Waals surface area contributed by atoms with Gasteiger partial charge in [0.1, 0.15) is 0 Å². The van der Waals surface area contributed by atoms with Crippen LogP contribution in [0.3, 0.4) is 0 Å². The molecule has 1 atom stereocenters. The van der Waals surface area contributed by atoms with E-state index < -0.39 is 10.0 Å². The molecule has 0 unspecified atom stereocenters. The lowest BCUT2D eigenvalue weighted by Gasteiger charge is -2.33. The van der Waals surface area contributed by atoms with E-state index in [9.17, 15) is 13.2 Å². The zero-order valence-corrected chi connectivity index (χ0v) is 14.2. The molecule has 0 radical (unpaired) electrons. The number of carbonyl (C=O) groups is 1. The normalized spacial score (nSPS) is 25.6. The fraction of sp³-hybridized carbons (Fsp3) is 0.562. The molecule has 0 saturated carbocycles. The Bertz CT molecular complexity index is 696. The van der Waals surface area contributed by atoms with Crippen LogP contribution in [0.25, 0.3) is 0 Å². The van der Waals surface area contributed by atoms with E-state index in [1.54, 1.807) is 22.5 Å². The van der Waals surface area contributed by atoms with Crippen molar-refractivity contribution >= 4 is 15.9 Å². The molecule has 3 rings (SSSR count). The van der Waals surface area contributed by atoms with Gasteiger partial charge in [0, 0.05) is 32.2 Å². The van der Waals surface area contributed by atoms with Crippen LogP contribution in [0.2, 0.25) is 0 Å². The number of nitrogens with one attached hydrogen (secondary N) is 2. The molecule has 2 aliphatic heterocycles. The summed E-state index contributed by atoms with van der Waals surface area (Å²) in [5.74, 6) is -0.281. The average molecular weight is 337 g/mol. The highest BCUT2D eigenvalue weighted by molar-refractivity contribution is 7.89. The van der Waals surface area contributed by atoms with Gasteiger partial charge in [-0.3, -0.25) is 4.79 Å². The zero-order valence-electron chi connectivity index (χ0n) is 13.3. The highest BCUT2D eigenvalue weighted by atomic mass is 32.2. The van der Waals surface area contributed by atoms with Crippen LogP contribution in [-0.2, 0) is 10.0 Å². The molecule has 2 N–H and O–H groups in total. The second kappa shape index (κ2) is 6.22. The summed E-state index contributed by atoms with van der Waals surface area (Å²) >= 11 is 0. The van der Waals surface area contributed by atoms with E-state index in [1.807, 2.05) is 0 Å². The molecule has 126 valence electrons. The summed E-state index contributed by atoms with van der Waals surface area (Å²) < 4.78 is 27.4. The number of hydrogen-bond acceptors (Lipinski definition) is 4. The van der Waals surface area contributed by atoms with Crippen molar-refractivity contribution in [1.29, 1.82) is 0 Å². The molecule has 2 fully saturated rings. The maximum atomic E-state index is 12.9. The molecule has 2 heterocycles. The van der Waals surface area contributed by atoms with Crippen molar-refractivity contribution in [1.82, 2.24) is 14.9 Å². The fourth-order valence-electron chi connectivity index (χ4n) is 3.57. The van der Waals surface area contributed by atoms with Crippen LogP contribution < -0.4 is 10.6 Å². The third-order valence-electron chi connectivity index (χ3n) is 4.93. The summed E-state index contributed by atoms with van der Waals surface area (Å²) in [4.78, 5) is 11.9. The van der Waals surface area contributed by atoms with Gasteiger partial charge in [-0.25, -0.2) is 8.42 Å². The van der Waals surface area contributed by atoms with Crippen molar-refractivity contribution in [3.63, 3.8) is 0 Å². The van der Waals surface area contributed by atoms with Crippen LogP contribution in [0.15, 0.2) is 29.2 Å². The fourth-order valence-corrected chi connectivity index (χ4v) is 5.17. The van der Waals surface area contributed by atoms with Gasteiger partial charge >= 0.3 is 0 Å². The molecule has 0 bridgehead atoms. The van der Waals surface area contributed by atoms with Crippen LogP contribution in [0.4, 0.5) is 0 Å². The minimum Gasteiger partial charge on any atom is -0.355 e. The number of hydrogen-bond donors (Lipinski definition) is 2. The zero-order chi connectivity index (χ0) is 16.5. The highest BCUT2D eigenvalue weighted by Gasteiger charge is 2.43. The summed E-state index contributed by atoms with van der Waals surface area (Å²) in [5, 5.41) is 5.91. The van der Waals surface area contributed by atoms with Gasteiger partial charge in [0.25, 0.3) is 5.91 Å². The van der Waals surface area contributed by atoms with Crippen molar-refractivity contribution in [3.8, 4) is 0 Å². The molecular weight excluding hydrogens is 314 g/mol. The molecule has 0 aliphatic carbocycles. The Morgan fingerprint density at radius 1 is 1.35 bits per heavy atom. The maximum Gasteiger partial charge on any atom is 0.251 e. The van der Waals surface area contributed by atoms with Crippen molar-refractivity contribution in [2.75, 3.05) is 33.2 Å². The molecule has 23 heavy (non-hydrogen) atoms. The van der Waals surface area contributed by atoms with Crippen molar-refractivity contribution in [2.24, 2.45) is 5.41 Å². The van der Waals surface area contributed by atoms with Crippen molar-refractivity contribution < 1.29 is 13.2 Å². The van der Waals surface area contributed by atoms with Crippen LogP contribution in [0, 0.1) is 5.41 Å². The Kier molecular flexibility index (Phi) is 4.44. The predicted octanol–water partition coefficient (Wildman–Crippen LogP) is 0.810. The quantitative estimate of drug-likeness (QED) is 0.856. The Balaban J connectivity index is 1.83. The van der Waals surface area contributed by atoms with Crippen LogP contribution in [-0.4, -0.2) is 51.9 Å². The molecule has 0 aromatic heterocycles. The standard InChI is InChI=1S/C16H23N3O3S/c1-17-15(20)13-4-2-5-14(10-13)23(21,22)19-9-7-16(12-19)6-3-8-18-11-16/h2,4-5,10,18H,3,6-9,11-12H2,1H3,(H,17,20)/t16-/m0/s1. The second-order valence-electron chi connectivity index (χ2n) is 6.48. The first-order valence-corrected chi connectivity index (χ1v) is 9.44. The Labute approximate surface area is 137 Å². The molecule has 1 spiro atoms. The van der Waals surface area contributed by atoms with Gasteiger partial charge in [0.15, 0.2) is 0 Å². The first-order chi connectivity index (χ1) is 11.0. The topological polar surface area (TPSA) is 78.5 Å². The lowest BCUT2D eigenvalue weighted by atomic mass is 9.80. The van der Waals surface area contributed by atoms with E-state index in [0.717, 1.165) is 32.4 Å². The van der Waals surface area contributed by atoms with E-state index in [2.05, 4.69) is 10.6 Å². The molecule has 7 heteroatoms. The smallest absolute Gasteiger partial charge is 0.251 e. The third-order valence-corrected chi connectivity index (χ3v) is 6.77. The molecule has 2 aliphatic rings. The summed E-state index contributed by atoms with van der Waals surface area (Å²) in [6.45, 7) is 3.01. The van der Waals surface area contributed by atoms with E-state index in [-0.39, 0.29) is 16.2 Å². The number of benzene rings is 1. The minimum absolute atomic E-state index is 0.0731. The van der Waals surface area contributed by atoms with Gasteiger partial charge in [-0.15, -0.1) is 0 Å². The first-order valence-electron chi connectivity index (χ1n) is 8.00. The van der Waals surface area contributed by atoms with Crippen molar-refractivity contribution in [3.05, 3.63) is 29.8 Å². The maximum absolute atomic E-state index is 12.9. The van der Waals surface area contributed by atoms with Gasteiger partial charge < -0.3 is 10.6 Å². The molecule has 1 aromatic rings. The van der Waals surface area contributed by atoms with E-state index in [1.165, 1.54) is 13.1 Å². The average Bonchev–Trinajstić information content (AvgIpc) is 2.99. The molecular formula is C16H23N3O3S.